The first-order valence-electron chi connectivity index (χ1n) is 13.2. The molecule has 0 aromatic heterocycles. The average Bonchev–Trinajstić information content (AvgIpc) is 3.01. The summed E-state index contributed by atoms with van der Waals surface area (Å²) in [5.41, 5.74) is -0.492. The number of fused-ring (bicyclic) bond motifs is 8. The van der Waals surface area contributed by atoms with Crippen LogP contribution in [0.15, 0.2) is 11.6 Å². The molecule has 32 heavy (non-hydrogen) atoms. The van der Waals surface area contributed by atoms with E-state index in [1.54, 1.807) is 0 Å². The van der Waals surface area contributed by atoms with Crippen LogP contribution in [0.2, 0.25) is 0 Å². The summed E-state index contributed by atoms with van der Waals surface area (Å²) in [6.45, 7) is 8.48. The molecule has 5 fully saturated rings. The number of aliphatic hydroxyl groups excluding tert-OH is 1. The number of aliphatic hydroxyl groups is 3. The first-order chi connectivity index (χ1) is 15.1. The van der Waals surface area contributed by atoms with Gasteiger partial charge in [-0.2, -0.15) is 0 Å². The van der Waals surface area contributed by atoms with E-state index in [1.165, 1.54) is 5.57 Å². The molecule has 0 radical (unpaired) electrons. The Bertz CT molecular complexity index is 853. The van der Waals surface area contributed by atoms with E-state index in [1.807, 2.05) is 13.0 Å². The number of ketones is 1. The van der Waals surface area contributed by atoms with Gasteiger partial charge in [-0.1, -0.05) is 19.4 Å². The fourth-order valence-corrected chi connectivity index (χ4v) is 10.00. The Kier molecular flexibility index (Phi) is 4.69. The van der Waals surface area contributed by atoms with Crippen molar-refractivity contribution in [1.29, 1.82) is 0 Å². The van der Waals surface area contributed by atoms with Gasteiger partial charge in [0.1, 0.15) is 0 Å². The summed E-state index contributed by atoms with van der Waals surface area (Å²) in [6, 6.07) is 0.112. The molecule has 2 saturated heterocycles. The van der Waals surface area contributed by atoms with E-state index in [9.17, 15) is 20.1 Å². The Labute approximate surface area is 192 Å². The van der Waals surface area contributed by atoms with Crippen molar-refractivity contribution < 1.29 is 20.1 Å². The standard InChI is InChI=1S/C27H41NO4/c1-15-4-7-23-26(3,31)24-18(14-28(23)13-15)20-11-21-19(27(20,32)12-22(24)30)6-5-16-10-17(29)8-9-25(16,21)2/h10,15,18-24,30-32H,4-9,11-14H2,1-3H3/t15-,18-,19+,20-,21-,22-,23-,24+,25-,26+,27+/m0/s1. The van der Waals surface area contributed by atoms with Crippen LogP contribution in [0.5, 0.6) is 0 Å². The Hall–Kier alpha value is -0.750. The van der Waals surface area contributed by atoms with Crippen molar-refractivity contribution in [2.24, 2.45) is 40.9 Å². The molecule has 3 saturated carbocycles. The molecular formula is C27H41NO4. The van der Waals surface area contributed by atoms with E-state index >= 15 is 0 Å². The molecule has 178 valence electrons. The smallest absolute Gasteiger partial charge is 0.155 e. The molecule has 0 bridgehead atoms. The minimum absolute atomic E-state index is 0.0102. The zero-order valence-corrected chi connectivity index (χ0v) is 20.0. The molecule has 2 aliphatic heterocycles. The fraction of sp³-hybridized carbons (Fsp3) is 0.889. The quantitative estimate of drug-likeness (QED) is 0.536. The van der Waals surface area contributed by atoms with Crippen molar-refractivity contribution in [3.8, 4) is 0 Å². The number of hydrogen-bond donors (Lipinski definition) is 3. The zero-order valence-electron chi connectivity index (χ0n) is 20.0. The Morgan fingerprint density at radius 1 is 1.03 bits per heavy atom. The maximum atomic E-state index is 12.2. The molecule has 0 amide bonds. The molecule has 5 nitrogen and oxygen atoms in total. The van der Waals surface area contributed by atoms with Gasteiger partial charge in [-0.15, -0.1) is 0 Å². The van der Waals surface area contributed by atoms with Gasteiger partial charge < -0.3 is 15.3 Å². The zero-order chi connectivity index (χ0) is 22.6. The van der Waals surface area contributed by atoms with Crippen LogP contribution < -0.4 is 0 Å². The number of piperidine rings is 2. The Morgan fingerprint density at radius 2 is 1.81 bits per heavy atom. The SMILES string of the molecule is C[C@H]1CC[C@@H]2N(C1)C[C@@H]1[C@H]([C@@H](O)C[C@@]3(O)[C@@H]4CCC5=CC(=O)CC[C@]5(C)[C@H]4C[C@@H]13)[C@]2(C)O. The summed E-state index contributed by atoms with van der Waals surface area (Å²) in [5, 5.41) is 35.5. The van der Waals surface area contributed by atoms with Gasteiger partial charge in [0, 0.05) is 37.9 Å². The second-order valence-electron chi connectivity index (χ2n) is 13.0. The second kappa shape index (κ2) is 6.90. The third kappa shape index (κ3) is 2.74. The summed E-state index contributed by atoms with van der Waals surface area (Å²) in [7, 11) is 0. The highest BCUT2D eigenvalue weighted by Crippen LogP contribution is 2.67. The number of allylic oxidation sites excluding steroid dienone is 2. The van der Waals surface area contributed by atoms with Gasteiger partial charge in [-0.05, 0) is 86.5 Å². The highest BCUT2D eigenvalue weighted by atomic mass is 16.3. The summed E-state index contributed by atoms with van der Waals surface area (Å²) in [5.74, 6) is 1.49. The fourth-order valence-electron chi connectivity index (χ4n) is 10.00. The van der Waals surface area contributed by atoms with Crippen LogP contribution in [0, 0.1) is 40.9 Å². The number of hydrogen-bond acceptors (Lipinski definition) is 5. The van der Waals surface area contributed by atoms with E-state index in [0.717, 1.165) is 51.6 Å². The lowest BCUT2D eigenvalue weighted by Crippen LogP contribution is -2.72. The lowest BCUT2D eigenvalue weighted by Gasteiger charge is -2.62. The third-order valence-electron chi connectivity index (χ3n) is 11.4. The number of carbonyl (C=O) groups excluding carboxylic acids is 1. The topological polar surface area (TPSA) is 81.0 Å². The monoisotopic (exact) mass is 443 g/mol. The molecule has 5 heteroatoms. The summed E-state index contributed by atoms with van der Waals surface area (Å²) < 4.78 is 0. The van der Waals surface area contributed by atoms with Crippen LogP contribution in [0.4, 0.5) is 0 Å². The van der Waals surface area contributed by atoms with Crippen LogP contribution in [0.1, 0.15) is 72.1 Å². The second-order valence-corrected chi connectivity index (χ2v) is 13.0. The molecule has 3 N–H and O–H groups in total. The van der Waals surface area contributed by atoms with E-state index in [2.05, 4.69) is 18.7 Å². The Balaban J connectivity index is 1.38. The number of carbonyl (C=O) groups is 1. The lowest BCUT2D eigenvalue weighted by atomic mass is 9.53. The first kappa shape index (κ1) is 21.8. The molecular weight excluding hydrogens is 402 g/mol. The van der Waals surface area contributed by atoms with Gasteiger partial charge in [-0.25, -0.2) is 0 Å². The van der Waals surface area contributed by atoms with Crippen molar-refractivity contribution in [1.82, 2.24) is 4.90 Å². The van der Waals surface area contributed by atoms with Gasteiger partial charge in [-0.3, -0.25) is 9.69 Å². The van der Waals surface area contributed by atoms with Gasteiger partial charge in [0.15, 0.2) is 5.78 Å². The maximum Gasteiger partial charge on any atom is 0.155 e. The van der Waals surface area contributed by atoms with E-state index in [4.69, 9.17) is 0 Å². The molecule has 0 spiro atoms. The van der Waals surface area contributed by atoms with Crippen LogP contribution in [-0.4, -0.2) is 62.4 Å². The van der Waals surface area contributed by atoms with Gasteiger partial charge in [0.2, 0.25) is 0 Å². The number of rotatable bonds is 0. The van der Waals surface area contributed by atoms with Crippen molar-refractivity contribution in [3.05, 3.63) is 11.6 Å². The van der Waals surface area contributed by atoms with Gasteiger partial charge in [0.25, 0.3) is 0 Å². The molecule has 11 atom stereocenters. The maximum absolute atomic E-state index is 12.2. The number of nitrogens with zero attached hydrogens (tertiary/aromatic N) is 1. The highest BCUT2D eigenvalue weighted by Gasteiger charge is 2.69. The predicted molar refractivity (Wildman–Crippen MR) is 122 cm³/mol. The molecule has 6 rings (SSSR count). The van der Waals surface area contributed by atoms with Crippen LogP contribution >= 0.6 is 0 Å². The van der Waals surface area contributed by atoms with Crippen molar-refractivity contribution >= 4 is 5.78 Å². The largest absolute Gasteiger partial charge is 0.393 e. The predicted octanol–water partition coefficient (Wildman–Crippen LogP) is 2.92. The van der Waals surface area contributed by atoms with Crippen LogP contribution in [0.3, 0.4) is 0 Å². The van der Waals surface area contributed by atoms with E-state index in [-0.39, 0.29) is 40.9 Å². The Morgan fingerprint density at radius 3 is 2.59 bits per heavy atom. The molecule has 0 aromatic rings. The first-order valence-corrected chi connectivity index (χ1v) is 13.2. The lowest BCUT2D eigenvalue weighted by molar-refractivity contribution is -0.238. The van der Waals surface area contributed by atoms with Gasteiger partial charge >= 0.3 is 0 Å². The molecule has 0 unspecified atom stereocenters. The minimum atomic E-state index is -0.927. The molecule has 0 aromatic carbocycles. The van der Waals surface area contributed by atoms with Crippen molar-refractivity contribution in [3.63, 3.8) is 0 Å². The third-order valence-corrected chi connectivity index (χ3v) is 11.4. The summed E-state index contributed by atoms with van der Waals surface area (Å²) in [6.07, 6.45) is 8.05. The van der Waals surface area contributed by atoms with Crippen LogP contribution in [-0.2, 0) is 4.79 Å². The van der Waals surface area contributed by atoms with Gasteiger partial charge in [0.05, 0.1) is 17.3 Å². The molecule has 2 heterocycles. The summed E-state index contributed by atoms with van der Waals surface area (Å²) >= 11 is 0. The minimum Gasteiger partial charge on any atom is -0.393 e. The van der Waals surface area contributed by atoms with E-state index < -0.39 is 17.3 Å². The molecule has 6 aliphatic rings. The highest BCUT2D eigenvalue weighted by molar-refractivity contribution is 5.91. The average molecular weight is 444 g/mol. The van der Waals surface area contributed by atoms with E-state index in [0.29, 0.717) is 24.7 Å². The van der Waals surface area contributed by atoms with Crippen molar-refractivity contribution in [2.45, 2.75) is 95.5 Å². The van der Waals surface area contributed by atoms with Crippen LogP contribution in [0.25, 0.3) is 0 Å². The van der Waals surface area contributed by atoms with Crippen molar-refractivity contribution in [2.75, 3.05) is 13.1 Å². The normalized spacial score (nSPS) is 57.6. The molecule has 4 aliphatic carbocycles. The summed E-state index contributed by atoms with van der Waals surface area (Å²) in [4.78, 5) is 14.6.